The van der Waals surface area contributed by atoms with Crippen LogP contribution in [0.15, 0.2) is 0 Å². The van der Waals surface area contributed by atoms with E-state index in [9.17, 15) is 0 Å². The molecule has 1 aliphatic carbocycles. The van der Waals surface area contributed by atoms with Crippen molar-refractivity contribution in [2.45, 2.75) is 57.4 Å². The molecule has 1 spiro atoms. The molecular formula is C12H23NS. The molecule has 82 valence electrons. The summed E-state index contributed by atoms with van der Waals surface area (Å²) in [6, 6.07) is 0.726. The minimum atomic E-state index is 0.426. The van der Waals surface area contributed by atoms with Crippen LogP contribution in [0.25, 0.3) is 0 Å². The Bertz CT molecular complexity index is 198. The molecule has 2 fully saturated rings. The Balaban J connectivity index is 2.10. The van der Waals surface area contributed by atoms with Crippen LogP contribution in [0.5, 0.6) is 0 Å². The SMILES string of the molecule is CC1CCC(C)C2(C1)NC(C)CCS2. The van der Waals surface area contributed by atoms with Crippen LogP contribution in [0.3, 0.4) is 0 Å². The highest BCUT2D eigenvalue weighted by atomic mass is 32.2. The maximum absolute atomic E-state index is 3.87. The van der Waals surface area contributed by atoms with Crippen molar-refractivity contribution in [3.05, 3.63) is 0 Å². The summed E-state index contributed by atoms with van der Waals surface area (Å²) in [4.78, 5) is 0.426. The third kappa shape index (κ3) is 1.96. The average Bonchev–Trinajstić information content (AvgIpc) is 2.12. The van der Waals surface area contributed by atoms with E-state index in [4.69, 9.17) is 0 Å². The number of hydrogen-bond acceptors (Lipinski definition) is 2. The largest absolute Gasteiger partial charge is 0.300 e. The van der Waals surface area contributed by atoms with Gasteiger partial charge in [-0.3, -0.25) is 0 Å². The Hall–Kier alpha value is 0.310. The van der Waals surface area contributed by atoms with Gasteiger partial charge < -0.3 is 5.32 Å². The van der Waals surface area contributed by atoms with Crippen LogP contribution in [-0.2, 0) is 0 Å². The molecule has 1 saturated heterocycles. The maximum atomic E-state index is 3.87. The van der Waals surface area contributed by atoms with Crippen LogP contribution in [0.4, 0.5) is 0 Å². The van der Waals surface area contributed by atoms with Gasteiger partial charge in [0, 0.05) is 6.04 Å². The molecule has 0 aromatic rings. The van der Waals surface area contributed by atoms with E-state index in [0.717, 1.165) is 17.9 Å². The van der Waals surface area contributed by atoms with Gasteiger partial charge in [0.05, 0.1) is 4.87 Å². The zero-order valence-corrected chi connectivity index (χ0v) is 10.5. The molecule has 0 aromatic heterocycles. The molecule has 0 radical (unpaired) electrons. The molecule has 0 aromatic carbocycles. The molecule has 1 nitrogen and oxygen atoms in total. The normalized spacial score (nSPS) is 49.5. The van der Waals surface area contributed by atoms with Crippen molar-refractivity contribution in [3.8, 4) is 0 Å². The summed E-state index contributed by atoms with van der Waals surface area (Å²) < 4.78 is 0. The van der Waals surface area contributed by atoms with Crippen LogP contribution in [0.1, 0.15) is 46.5 Å². The first kappa shape index (κ1) is 10.8. The fraction of sp³-hybridized carbons (Fsp3) is 1.00. The van der Waals surface area contributed by atoms with E-state index in [2.05, 4.69) is 37.8 Å². The molecule has 2 rings (SSSR count). The van der Waals surface area contributed by atoms with Crippen molar-refractivity contribution < 1.29 is 0 Å². The second kappa shape index (κ2) is 4.05. The maximum Gasteiger partial charge on any atom is 0.0675 e. The molecule has 4 atom stereocenters. The van der Waals surface area contributed by atoms with Gasteiger partial charge >= 0.3 is 0 Å². The molecule has 1 N–H and O–H groups in total. The fourth-order valence-electron chi connectivity index (χ4n) is 2.94. The average molecular weight is 213 g/mol. The van der Waals surface area contributed by atoms with Crippen molar-refractivity contribution in [1.82, 2.24) is 5.32 Å². The van der Waals surface area contributed by atoms with E-state index in [-0.39, 0.29) is 0 Å². The highest BCUT2D eigenvalue weighted by molar-refractivity contribution is 8.00. The first-order valence-electron chi connectivity index (χ1n) is 6.04. The van der Waals surface area contributed by atoms with Gasteiger partial charge in [-0.25, -0.2) is 0 Å². The first-order valence-corrected chi connectivity index (χ1v) is 7.02. The van der Waals surface area contributed by atoms with Gasteiger partial charge in [0.2, 0.25) is 0 Å². The van der Waals surface area contributed by atoms with Crippen LogP contribution in [-0.4, -0.2) is 16.7 Å². The van der Waals surface area contributed by atoms with Crippen molar-refractivity contribution in [3.63, 3.8) is 0 Å². The van der Waals surface area contributed by atoms with Crippen molar-refractivity contribution in [1.29, 1.82) is 0 Å². The molecule has 2 aliphatic rings. The third-order valence-electron chi connectivity index (χ3n) is 3.94. The summed E-state index contributed by atoms with van der Waals surface area (Å²) in [5, 5.41) is 3.87. The number of thioether (sulfide) groups is 1. The van der Waals surface area contributed by atoms with E-state index in [0.29, 0.717) is 4.87 Å². The highest BCUT2D eigenvalue weighted by Gasteiger charge is 2.43. The van der Waals surface area contributed by atoms with E-state index in [1.807, 2.05) is 0 Å². The zero-order chi connectivity index (χ0) is 10.2. The second-order valence-corrected chi connectivity index (χ2v) is 6.79. The van der Waals surface area contributed by atoms with Crippen LogP contribution >= 0.6 is 11.8 Å². The Labute approximate surface area is 92.4 Å². The quantitative estimate of drug-likeness (QED) is 0.663. The summed E-state index contributed by atoms with van der Waals surface area (Å²) >= 11 is 2.19. The summed E-state index contributed by atoms with van der Waals surface area (Å²) in [7, 11) is 0. The van der Waals surface area contributed by atoms with Gasteiger partial charge in [-0.15, -0.1) is 11.8 Å². The molecule has 1 heterocycles. The van der Waals surface area contributed by atoms with Gasteiger partial charge in [0.1, 0.15) is 0 Å². The minimum Gasteiger partial charge on any atom is -0.300 e. The van der Waals surface area contributed by atoms with Gasteiger partial charge in [-0.05, 0) is 43.8 Å². The summed E-state index contributed by atoms with van der Waals surface area (Å²) in [5.74, 6) is 3.12. The van der Waals surface area contributed by atoms with Gasteiger partial charge in [-0.1, -0.05) is 20.3 Å². The second-order valence-electron chi connectivity index (χ2n) is 5.36. The molecule has 14 heavy (non-hydrogen) atoms. The predicted octanol–water partition coefficient (Wildman–Crippen LogP) is 3.25. The van der Waals surface area contributed by atoms with Gasteiger partial charge in [0.25, 0.3) is 0 Å². The molecule has 4 unspecified atom stereocenters. The predicted molar refractivity (Wildman–Crippen MR) is 64.6 cm³/mol. The Morgan fingerprint density at radius 1 is 1.14 bits per heavy atom. The van der Waals surface area contributed by atoms with Crippen LogP contribution in [0, 0.1) is 11.8 Å². The van der Waals surface area contributed by atoms with E-state index >= 15 is 0 Å². The van der Waals surface area contributed by atoms with Crippen molar-refractivity contribution in [2.75, 3.05) is 5.75 Å². The number of nitrogens with one attached hydrogen (secondary N) is 1. The summed E-state index contributed by atoms with van der Waals surface area (Å²) in [6.45, 7) is 7.19. The van der Waals surface area contributed by atoms with Crippen LogP contribution in [0.2, 0.25) is 0 Å². The molecule has 1 saturated carbocycles. The van der Waals surface area contributed by atoms with Crippen molar-refractivity contribution >= 4 is 11.8 Å². The lowest BCUT2D eigenvalue weighted by Gasteiger charge is -2.49. The van der Waals surface area contributed by atoms with Gasteiger partial charge in [-0.2, -0.15) is 0 Å². The summed E-state index contributed by atoms with van der Waals surface area (Å²) in [5.41, 5.74) is 0. The smallest absolute Gasteiger partial charge is 0.0675 e. The molecule has 2 heteroatoms. The molecule has 0 bridgehead atoms. The lowest BCUT2D eigenvalue weighted by molar-refractivity contribution is 0.181. The fourth-order valence-corrected chi connectivity index (χ4v) is 4.86. The van der Waals surface area contributed by atoms with E-state index in [1.165, 1.54) is 31.4 Å². The highest BCUT2D eigenvalue weighted by Crippen LogP contribution is 2.46. The third-order valence-corrected chi connectivity index (χ3v) is 5.58. The Morgan fingerprint density at radius 3 is 2.64 bits per heavy atom. The lowest BCUT2D eigenvalue weighted by atomic mass is 9.79. The molecule has 1 aliphatic heterocycles. The van der Waals surface area contributed by atoms with Crippen LogP contribution < -0.4 is 5.32 Å². The lowest BCUT2D eigenvalue weighted by Crippen LogP contribution is -2.56. The van der Waals surface area contributed by atoms with Crippen molar-refractivity contribution in [2.24, 2.45) is 11.8 Å². The number of hydrogen-bond donors (Lipinski definition) is 1. The van der Waals surface area contributed by atoms with E-state index < -0.39 is 0 Å². The minimum absolute atomic E-state index is 0.426. The Kier molecular flexibility index (Phi) is 3.13. The standard InChI is InChI=1S/C12H23NS/c1-9-4-5-10(2)12(8-9)13-11(3)6-7-14-12/h9-11,13H,4-8H2,1-3H3. The summed E-state index contributed by atoms with van der Waals surface area (Å²) in [6.07, 6.45) is 5.56. The molecule has 0 amide bonds. The monoisotopic (exact) mass is 213 g/mol. The Morgan fingerprint density at radius 2 is 1.93 bits per heavy atom. The first-order chi connectivity index (χ1) is 6.62. The zero-order valence-electron chi connectivity index (χ0n) is 9.68. The number of rotatable bonds is 0. The molecular weight excluding hydrogens is 190 g/mol. The van der Waals surface area contributed by atoms with Gasteiger partial charge in [0.15, 0.2) is 0 Å². The van der Waals surface area contributed by atoms with E-state index in [1.54, 1.807) is 0 Å². The topological polar surface area (TPSA) is 12.0 Å².